The molecular formula is C9H17ClO. The number of Topliss-reactive ketones (excluding diaryl/α,β-unsaturated/α-hetero) is 1. The molecule has 0 aliphatic heterocycles. The molecule has 66 valence electrons. The molecule has 0 fully saturated rings. The summed E-state index contributed by atoms with van der Waals surface area (Å²) in [5, 5.41) is 0. The molecule has 0 N–H and O–H groups in total. The van der Waals surface area contributed by atoms with E-state index in [1.54, 1.807) is 0 Å². The number of rotatable bonds is 7. The second kappa shape index (κ2) is 8.06. The number of carbonyl (C=O) groups excluding carboxylic acids is 1. The van der Waals surface area contributed by atoms with Crippen LogP contribution in [0.4, 0.5) is 0 Å². The van der Waals surface area contributed by atoms with Gasteiger partial charge in [-0.05, 0) is 6.42 Å². The number of hydrogen-bond donors (Lipinski definition) is 0. The van der Waals surface area contributed by atoms with Gasteiger partial charge in [0, 0.05) is 6.42 Å². The van der Waals surface area contributed by atoms with E-state index in [-0.39, 0.29) is 11.7 Å². The van der Waals surface area contributed by atoms with Crippen molar-refractivity contribution in [2.75, 3.05) is 5.88 Å². The van der Waals surface area contributed by atoms with Crippen molar-refractivity contribution in [3.05, 3.63) is 0 Å². The third kappa shape index (κ3) is 7.86. The highest BCUT2D eigenvalue weighted by Crippen LogP contribution is 2.05. The Balaban J connectivity index is 2.95. The maximum absolute atomic E-state index is 10.7. The number of carbonyl (C=O) groups is 1. The van der Waals surface area contributed by atoms with Crippen LogP contribution in [-0.4, -0.2) is 11.7 Å². The smallest absolute Gasteiger partial charge is 0.147 e. The molecule has 0 aliphatic carbocycles. The highest BCUT2D eigenvalue weighted by molar-refractivity contribution is 6.27. The van der Waals surface area contributed by atoms with Crippen LogP contribution in [0.1, 0.15) is 45.4 Å². The van der Waals surface area contributed by atoms with Crippen LogP contribution in [0.25, 0.3) is 0 Å². The van der Waals surface area contributed by atoms with Gasteiger partial charge in [-0.25, -0.2) is 0 Å². The molecule has 0 saturated heterocycles. The Hall–Kier alpha value is -0.0400. The van der Waals surface area contributed by atoms with Crippen LogP contribution < -0.4 is 0 Å². The van der Waals surface area contributed by atoms with E-state index < -0.39 is 0 Å². The largest absolute Gasteiger partial charge is 0.298 e. The molecular weight excluding hydrogens is 160 g/mol. The number of halogens is 1. The van der Waals surface area contributed by atoms with Crippen molar-refractivity contribution in [2.45, 2.75) is 45.4 Å². The van der Waals surface area contributed by atoms with Crippen molar-refractivity contribution in [3.63, 3.8) is 0 Å². The molecule has 0 atom stereocenters. The second-order valence-corrected chi connectivity index (χ2v) is 3.10. The van der Waals surface area contributed by atoms with Gasteiger partial charge < -0.3 is 0 Å². The van der Waals surface area contributed by atoms with E-state index in [2.05, 4.69) is 6.92 Å². The minimum atomic E-state index is 0.183. The molecule has 0 saturated carbocycles. The van der Waals surface area contributed by atoms with Crippen molar-refractivity contribution in [3.8, 4) is 0 Å². The molecule has 0 aromatic rings. The molecule has 0 aromatic heterocycles. The van der Waals surface area contributed by atoms with E-state index in [1.807, 2.05) is 0 Å². The van der Waals surface area contributed by atoms with Gasteiger partial charge in [0.1, 0.15) is 5.78 Å². The van der Waals surface area contributed by atoms with Gasteiger partial charge in [-0.1, -0.05) is 32.6 Å². The van der Waals surface area contributed by atoms with Crippen LogP contribution in [0, 0.1) is 0 Å². The summed E-state index contributed by atoms with van der Waals surface area (Å²) in [6.07, 6.45) is 6.67. The number of ketones is 1. The molecule has 0 unspecified atom stereocenters. The maximum Gasteiger partial charge on any atom is 0.147 e. The van der Waals surface area contributed by atoms with Gasteiger partial charge in [0.2, 0.25) is 0 Å². The van der Waals surface area contributed by atoms with E-state index in [0.29, 0.717) is 6.42 Å². The van der Waals surface area contributed by atoms with E-state index in [4.69, 9.17) is 11.6 Å². The summed E-state index contributed by atoms with van der Waals surface area (Å²) < 4.78 is 0. The fraction of sp³-hybridized carbons (Fsp3) is 0.889. The summed E-state index contributed by atoms with van der Waals surface area (Å²) >= 11 is 5.34. The summed E-state index contributed by atoms with van der Waals surface area (Å²) in [5.74, 6) is 0.372. The van der Waals surface area contributed by atoms with Gasteiger partial charge in [-0.2, -0.15) is 0 Å². The molecule has 0 heterocycles. The van der Waals surface area contributed by atoms with Crippen LogP contribution in [0.2, 0.25) is 0 Å². The molecule has 11 heavy (non-hydrogen) atoms. The predicted octanol–water partition coefficient (Wildman–Crippen LogP) is 3.15. The molecule has 1 nitrogen and oxygen atoms in total. The maximum atomic E-state index is 10.7. The van der Waals surface area contributed by atoms with Crippen LogP contribution in [0.5, 0.6) is 0 Å². The lowest BCUT2D eigenvalue weighted by molar-refractivity contribution is -0.116. The Labute approximate surface area is 74.1 Å². The molecule has 2 heteroatoms. The first kappa shape index (κ1) is 11.0. The van der Waals surface area contributed by atoms with E-state index in [9.17, 15) is 4.79 Å². The standard InChI is InChI=1S/C9H17ClO/c1-2-3-4-5-6-7-9(11)8-10/h2-8H2,1H3. The van der Waals surface area contributed by atoms with Crippen LogP contribution in [0.15, 0.2) is 0 Å². The van der Waals surface area contributed by atoms with Crippen LogP contribution >= 0.6 is 11.6 Å². The average Bonchev–Trinajstić information content (AvgIpc) is 2.04. The van der Waals surface area contributed by atoms with Gasteiger partial charge in [0.05, 0.1) is 5.88 Å². The van der Waals surface area contributed by atoms with Gasteiger partial charge in [0.25, 0.3) is 0 Å². The topological polar surface area (TPSA) is 17.1 Å². The summed E-state index contributed by atoms with van der Waals surface area (Å²) in [4.78, 5) is 10.7. The first-order valence-corrected chi connectivity index (χ1v) is 4.92. The third-order valence-corrected chi connectivity index (χ3v) is 2.01. The first-order valence-electron chi connectivity index (χ1n) is 4.39. The molecule has 0 aliphatic rings. The molecule has 0 bridgehead atoms. The lowest BCUT2D eigenvalue weighted by atomic mass is 10.1. The zero-order chi connectivity index (χ0) is 8.53. The van der Waals surface area contributed by atoms with Crippen LogP contribution in [0.3, 0.4) is 0 Å². The number of hydrogen-bond acceptors (Lipinski definition) is 1. The van der Waals surface area contributed by atoms with E-state index in [1.165, 1.54) is 25.7 Å². The summed E-state index contributed by atoms with van der Waals surface area (Å²) in [6, 6.07) is 0. The predicted molar refractivity (Wildman–Crippen MR) is 49.1 cm³/mol. The molecule has 0 spiro atoms. The van der Waals surface area contributed by atoms with Crippen molar-refractivity contribution >= 4 is 17.4 Å². The zero-order valence-corrected chi connectivity index (χ0v) is 7.99. The van der Waals surface area contributed by atoms with Gasteiger partial charge in [0.15, 0.2) is 0 Å². The van der Waals surface area contributed by atoms with Crippen molar-refractivity contribution in [2.24, 2.45) is 0 Å². The van der Waals surface area contributed by atoms with Gasteiger partial charge in [-0.15, -0.1) is 11.6 Å². The second-order valence-electron chi connectivity index (χ2n) is 2.84. The fourth-order valence-electron chi connectivity index (χ4n) is 0.993. The Morgan fingerprint density at radius 2 is 1.82 bits per heavy atom. The quantitative estimate of drug-likeness (QED) is 0.430. The minimum Gasteiger partial charge on any atom is -0.298 e. The highest BCUT2D eigenvalue weighted by Gasteiger charge is 1.97. The lowest BCUT2D eigenvalue weighted by Gasteiger charge is -1.97. The highest BCUT2D eigenvalue weighted by atomic mass is 35.5. The average molecular weight is 177 g/mol. The first-order chi connectivity index (χ1) is 5.31. The Morgan fingerprint density at radius 3 is 2.36 bits per heavy atom. The Morgan fingerprint density at radius 1 is 1.18 bits per heavy atom. The summed E-state index contributed by atoms with van der Waals surface area (Å²) in [7, 11) is 0. The number of unbranched alkanes of at least 4 members (excludes halogenated alkanes) is 4. The van der Waals surface area contributed by atoms with E-state index >= 15 is 0 Å². The Kier molecular flexibility index (Phi) is 8.03. The minimum absolute atomic E-state index is 0.183. The molecule has 0 rings (SSSR count). The summed E-state index contributed by atoms with van der Waals surface area (Å²) in [5.41, 5.74) is 0. The molecule has 0 aromatic carbocycles. The fourth-order valence-corrected chi connectivity index (χ4v) is 1.13. The molecule has 0 amide bonds. The monoisotopic (exact) mass is 176 g/mol. The van der Waals surface area contributed by atoms with Gasteiger partial charge in [-0.3, -0.25) is 4.79 Å². The normalized spacial score (nSPS) is 10.0. The van der Waals surface area contributed by atoms with E-state index in [0.717, 1.165) is 6.42 Å². The SMILES string of the molecule is CCCCCCCC(=O)CCl. The Bertz CT molecular complexity index is 102. The van der Waals surface area contributed by atoms with Crippen molar-refractivity contribution in [1.82, 2.24) is 0 Å². The van der Waals surface area contributed by atoms with Crippen LogP contribution in [-0.2, 0) is 4.79 Å². The molecule has 0 radical (unpaired) electrons. The number of alkyl halides is 1. The van der Waals surface area contributed by atoms with Crippen molar-refractivity contribution < 1.29 is 4.79 Å². The van der Waals surface area contributed by atoms with Crippen molar-refractivity contribution in [1.29, 1.82) is 0 Å². The zero-order valence-electron chi connectivity index (χ0n) is 7.24. The summed E-state index contributed by atoms with van der Waals surface area (Å²) in [6.45, 7) is 2.18. The third-order valence-electron chi connectivity index (χ3n) is 1.71. The van der Waals surface area contributed by atoms with Gasteiger partial charge >= 0.3 is 0 Å². The lowest BCUT2D eigenvalue weighted by Crippen LogP contribution is -1.97.